The zero-order valence-electron chi connectivity index (χ0n) is 5.43. The van der Waals surface area contributed by atoms with Gasteiger partial charge in [-0.2, -0.15) is 5.26 Å². The molecule has 50 valence electrons. The molecule has 0 unspecified atom stereocenters. The molecular weight excluding hydrogens is 114 g/mol. The summed E-state index contributed by atoms with van der Waals surface area (Å²) in [6.07, 6.45) is 3.79. The van der Waals surface area contributed by atoms with Crippen molar-refractivity contribution in [3.05, 3.63) is 0 Å². The number of nitrogens with zero attached hydrogens (tertiary/aromatic N) is 1. The molecular formula is C7H11NO. The van der Waals surface area contributed by atoms with Crippen molar-refractivity contribution in [3.8, 4) is 6.07 Å². The lowest BCUT2D eigenvalue weighted by Crippen LogP contribution is -2.32. The molecule has 1 rings (SSSR count). The number of rotatable bonds is 2. The molecule has 0 saturated heterocycles. The Kier molecular flexibility index (Phi) is 1.73. The van der Waals surface area contributed by atoms with Crippen LogP contribution in [-0.4, -0.2) is 11.7 Å². The minimum atomic E-state index is 0.00868. The highest BCUT2D eigenvalue weighted by Crippen LogP contribution is 2.42. The Morgan fingerprint density at radius 1 is 1.56 bits per heavy atom. The van der Waals surface area contributed by atoms with Gasteiger partial charge in [-0.1, -0.05) is 6.42 Å². The Bertz CT molecular complexity index is 127. The normalized spacial score (nSPS) is 22.2. The largest absolute Gasteiger partial charge is 0.396 e. The molecule has 0 atom stereocenters. The van der Waals surface area contributed by atoms with E-state index in [2.05, 4.69) is 6.07 Å². The van der Waals surface area contributed by atoms with Gasteiger partial charge in [0.15, 0.2) is 0 Å². The van der Waals surface area contributed by atoms with Crippen molar-refractivity contribution < 1.29 is 5.11 Å². The Morgan fingerprint density at radius 2 is 2.22 bits per heavy atom. The van der Waals surface area contributed by atoms with Crippen molar-refractivity contribution in [2.45, 2.75) is 25.7 Å². The van der Waals surface area contributed by atoms with Crippen LogP contribution < -0.4 is 0 Å². The fraction of sp³-hybridized carbons (Fsp3) is 0.857. The fourth-order valence-electron chi connectivity index (χ4n) is 1.24. The molecule has 0 amide bonds. The van der Waals surface area contributed by atoms with Gasteiger partial charge in [-0.05, 0) is 12.8 Å². The summed E-state index contributed by atoms with van der Waals surface area (Å²) in [6, 6.07) is 2.10. The van der Waals surface area contributed by atoms with Gasteiger partial charge >= 0.3 is 0 Å². The average Bonchev–Trinajstić information content (AvgIpc) is 1.79. The summed E-state index contributed by atoms with van der Waals surface area (Å²) < 4.78 is 0. The molecule has 0 aliphatic heterocycles. The molecule has 2 heteroatoms. The zero-order valence-corrected chi connectivity index (χ0v) is 5.43. The van der Waals surface area contributed by atoms with Gasteiger partial charge in [-0.15, -0.1) is 0 Å². The predicted molar refractivity (Wildman–Crippen MR) is 33.6 cm³/mol. The third kappa shape index (κ3) is 1.06. The van der Waals surface area contributed by atoms with Crippen molar-refractivity contribution in [2.75, 3.05) is 6.61 Å². The highest BCUT2D eigenvalue weighted by atomic mass is 16.3. The van der Waals surface area contributed by atoms with Crippen LogP contribution in [0.4, 0.5) is 0 Å². The molecule has 9 heavy (non-hydrogen) atoms. The van der Waals surface area contributed by atoms with E-state index < -0.39 is 0 Å². The minimum absolute atomic E-state index is 0.00868. The van der Waals surface area contributed by atoms with Gasteiger partial charge in [-0.25, -0.2) is 0 Å². The SMILES string of the molecule is N#CCC1(CO)CCC1. The van der Waals surface area contributed by atoms with Crippen molar-refractivity contribution in [1.82, 2.24) is 0 Å². The van der Waals surface area contributed by atoms with Crippen LogP contribution in [0.15, 0.2) is 0 Å². The fourth-order valence-corrected chi connectivity index (χ4v) is 1.24. The molecule has 0 aromatic rings. The van der Waals surface area contributed by atoms with Gasteiger partial charge in [0.25, 0.3) is 0 Å². The second-order valence-electron chi connectivity index (χ2n) is 2.85. The van der Waals surface area contributed by atoms with Crippen molar-refractivity contribution in [1.29, 1.82) is 5.26 Å². The van der Waals surface area contributed by atoms with Crippen LogP contribution >= 0.6 is 0 Å². The molecule has 0 aromatic heterocycles. The van der Waals surface area contributed by atoms with Gasteiger partial charge in [0.05, 0.1) is 6.07 Å². The Labute approximate surface area is 55.1 Å². The first-order valence-corrected chi connectivity index (χ1v) is 3.31. The van der Waals surface area contributed by atoms with E-state index in [9.17, 15) is 0 Å². The molecule has 1 aliphatic carbocycles. The third-order valence-corrected chi connectivity index (χ3v) is 2.20. The van der Waals surface area contributed by atoms with Gasteiger partial charge in [-0.3, -0.25) is 0 Å². The number of hydrogen-bond acceptors (Lipinski definition) is 2. The molecule has 1 fully saturated rings. The molecule has 0 radical (unpaired) electrons. The van der Waals surface area contributed by atoms with E-state index in [1.54, 1.807) is 0 Å². The Balaban J connectivity index is 2.39. The molecule has 2 nitrogen and oxygen atoms in total. The Hall–Kier alpha value is -0.550. The van der Waals surface area contributed by atoms with Crippen LogP contribution in [0.3, 0.4) is 0 Å². The number of aliphatic hydroxyl groups excluding tert-OH is 1. The van der Waals surface area contributed by atoms with Crippen LogP contribution in [0.25, 0.3) is 0 Å². The smallest absolute Gasteiger partial charge is 0.0628 e. The summed E-state index contributed by atoms with van der Waals surface area (Å²) in [5, 5.41) is 17.2. The summed E-state index contributed by atoms with van der Waals surface area (Å²) in [6.45, 7) is 0.195. The molecule has 0 heterocycles. The minimum Gasteiger partial charge on any atom is -0.396 e. The second kappa shape index (κ2) is 2.36. The van der Waals surface area contributed by atoms with Gasteiger partial charge in [0.2, 0.25) is 0 Å². The second-order valence-corrected chi connectivity index (χ2v) is 2.85. The monoisotopic (exact) mass is 125 g/mol. The van der Waals surface area contributed by atoms with Crippen LogP contribution in [0.2, 0.25) is 0 Å². The van der Waals surface area contributed by atoms with E-state index in [1.807, 2.05) is 0 Å². The highest BCUT2D eigenvalue weighted by molar-refractivity contribution is 4.93. The van der Waals surface area contributed by atoms with Crippen LogP contribution in [0, 0.1) is 16.7 Å². The molecule has 0 spiro atoms. The quantitative estimate of drug-likeness (QED) is 0.599. The standard InChI is InChI=1S/C7H11NO/c8-5-4-7(6-9)2-1-3-7/h9H,1-4,6H2. The maximum absolute atomic E-state index is 8.82. The Morgan fingerprint density at radius 3 is 2.33 bits per heavy atom. The summed E-state index contributed by atoms with van der Waals surface area (Å²) >= 11 is 0. The molecule has 0 bridgehead atoms. The first-order valence-electron chi connectivity index (χ1n) is 3.31. The summed E-state index contributed by atoms with van der Waals surface area (Å²) in [5.41, 5.74) is 0.00868. The summed E-state index contributed by atoms with van der Waals surface area (Å²) in [7, 11) is 0. The van der Waals surface area contributed by atoms with Crippen molar-refractivity contribution in [2.24, 2.45) is 5.41 Å². The first kappa shape index (κ1) is 6.57. The number of aliphatic hydroxyl groups is 1. The lowest BCUT2D eigenvalue weighted by molar-refractivity contribution is 0.0493. The zero-order chi connectivity index (χ0) is 6.74. The molecule has 1 N–H and O–H groups in total. The lowest BCUT2D eigenvalue weighted by atomic mass is 9.68. The predicted octanol–water partition coefficient (Wildman–Crippen LogP) is 1.06. The molecule has 1 aliphatic rings. The maximum Gasteiger partial charge on any atom is 0.0628 e. The van der Waals surface area contributed by atoms with Crippen molar-refractivity contribution >= 4 is 0 Å². The first-order chi connectivity index (χ1) is 4.33. The maximum atomic E-state index is 8.82. The highest BCUT2D eigenvalue weighted by Gasteiger charge is 2.35. The van der Waals surface area contributed by atoms with Crippen LogP contribution in [0.1, 0.15) is 25.7 Å². The van der Waals surface area contributed by atoms with Crippen LogP contribution in [0.5, 0.6) is 0 Å². The number of hydrogen-bond donors (Lipinski definition) is 1. The topological polar surface area (TPSA) is 44.0 Å². The third-order valence-electron chi connectivity index (χ3n) is 2.20. The summed E-state index contributed by atoms with van der Waals surface area (Å²) in [4.78, 5) is 0. The average molecular weight is 125 g/mol. The van der Waals surface area contributed by atoms with Crippen LogP contribution in [-0.2, 0) is 0 Å². The van der Waals surface area contributed by atoms with Crippen molar-refractivity contribution in [3.63, 3.8) is 0 Å². The van der Waals surface area contributed by atoms with Gasteiger partial charge in [0.1, 0.15) is 0 Å². The van der Waals surface area contributed by atoms with Gasteiger partial charge < -0.3 is 5.11 Å². The van der Waals surface area contributed by atoms with E-state index >= 15 is 0 Å². The van der Waals surface area contributed by atoms with E-state index in [0.717, 1.165) is 12.8 Å². The summed E-state index contributed by atoms with van der Waals surface area (Å²) in [5.74, 6) is 0. The number of nitriles is 1. The van der Waals surface area contributed by atoms with E-state index in [4.69, 9.17) is 10.4 Å². The van der Waals surface area contributed by atoms with E-state index in [0.29, 0.717) is 6.42 Å². The van der Waals surface area contributed by atoms with Gasteiger partial charge in [0, 0.05) is 18.4 Å². The lowest BCUT2D eigenvalue weighted by Gasteiger charge is -2.38. The molecule has 1 saturated carbocycles. The molecule has 0 aromatic carbocycles. The van der Waals surface area contributed by atoms with E-state index in [-0.39, 0.29) is 12.0 Å². The van der Waals surface area contributed by atoms with E-state index in [1.165, 1.54) is 6.42 Å².